The zero-order valence-corrected chi connectivity index (χ0v) is 10.8. The fraction of sp³-hybridized carbons (Fsp3) is 0.364. The minimum atomic E-state index is -1.07. The summed E-state index contributed by atoms with van der Waals surface area (Å²) in [5.74, 6) is -0.526. The van der Waals surface area contributed by atoms with Gasteiger partial charge in [-0.2, -0.15) is 0 Å². The van der Waals surface area contributed by atoms with Crippen LogP contribution in [0.3, 0.4) is 0 Å². The van der Waals surface area contributed by atoms with Crippen molar-refractivity contribution in [2.24, 2.45) is 0 Å². The molecule has 0 aliphatic heterocycles. The van der Waals surface area contributed by atoms with Crippen LogP contribution in [0.4, 0.5) is 0 Å². The SMILES string of the molecule is CC(C)(NCc1nc2ccsc2c(=O)[nH]1)C(=O)O. The normalized spacial score (nSPS) is 11.9. The summed E-state index contributed by atoms with van der Waals surface area (Å²) in [7, 11) is 0. The molecule has 0 radical (unpaired) electrons. The third-order valence-corrected chi connectivity index (χ3v) is 3.50. The van der Waals surface area contributed by atoms with E-state index < -0.39 is 11.5 Å². The van der Waals surface area contributed by atoms with Crippen LogP contribution in [0.15, 0.2) is 16.2 Å². The molecule has 0 saturated carbocycles. The van der Waals surface area contributed by atoms with Crippen molar-refractivity contribution in [1.82, 2.24) is 15.3 Å². The van der Waals surface area contributed by atoms with Crippen molar-refractivity contribution in [3.63, 3.8) is 0 Å². The van der Waals surface area contributed by atoms with Crippen LogP contribution in [-0.4, -0.2) is 26.6 Å². The number of aromatic nitrogens is 2. The van der Waals surface area contributed by atoms with E-state index >= 15 is 0 Å². The van der Waals surface area contributed by atoms with Crippen molar-refractivity contribution >= 4 is 27.5 Å². The maximum Gasteiger partial charge on any atom is 0.323 e. The number of hydrogen-bond acceptors (Lipinski definition) is 5. The highest BCUT2D eigenvalue weighted by Crippen LogP contribution is 2.13. The molecule has 2 heterocycles. The number of thiophene rings is 1. The first-order chi connectivity index (χ1) is 8.40. The van der Waals surface area contributed by atoms with Crippen molar-refractivity contribution in [3.8, 4) is 0 Å². The Hall–Kier alpha value is -1.73. The summed E-state index contributed by atoms with van der Waals surface area (Å²) in [6, 6.07) is 1.76. The smallest absolute Gasteiger partial charge is 0.323 e. The van der Waals surface area contributed by atoms with E-state index in [0.717, 1.165) is 0 Å². The largest absolute Gasteiger partial charge is 0.480 e. The number of fused-ring (bicyclic) bond motifs is 1. The van der Waals surface area contributed by atoms with E-state index in [9.17, 15) is 9.59 Å². The highest BCUT2D eigenvalue weighted by Gasteiger charge is 2.26. The number of aliphatic carboxylic acids is 1. The van der Waals surface area contributed by atoms with Crippen molar-refractivity contribution in [3.05, 3.63) is 27.6 Å². The van der Waals surface area contributed by atoms with Crippen molar-refractivity contribution < 1.29 is 9.90 Å². The zero-order chi connectivity index (χ0) is 13.3. The Morgan fingerprint density at radius 2 is 2.33 bits per heavy atom. The summed E-state index contributed by atoms with van der Waals surface area (Å²) in [5, 5.41) is 13.6. The molecule has 0 spiro atoms. The minimum Gasteiger partial charge on any atom is -0.480 e. The molecule has 0 unspecified atom stereocenters. The molecule has 2 rings (SSSR count). The average molecular weight is 267 g/mol. The molecule has 0 saturated heterocycles. The van der Waals surface area contributed by atoms with Gasteiger partial charge in [0.15, 0.2) is 0 Å². The summed E-state index contributed by atoms with van der Waals surface area (Å²) in [6.07, 6.45) is 0. The molecular weight excluding hydrogens is 254 g/mol. The van der Waals surface area contributed by atoms with Gasteiger partial charge in [0.1, 0.15) is 16.1 Å². The van der Waals surface area contributed by atoms with Crippen LogP contribution in [-0.2, 0) is 11.3 Å². The first kappa shape index (κ1) is 12.7. The Bertz CT molecular complexity index is 644. The third-order valence-electron chi connectivity index (χ3n) is 2.60. The Morgan fingerprint density at radius 3 is 3.00 bits per heavy atom. The Kier molecular flexibility index (Phi) is 3.18. The topological polar surface area (TPSA) is 95.1 Å². The molecule has 6 nitrogen and oxygen atoms in total. The average Bonchev–Trinajstić information content (AvgIpc) is 2.75. The number of rotatable bonds is 4. The lowest BCUT2D eigenvalue weighted by Crippen LogP contribution is -2.46. The number of aromatic amines is 1. The number of nitrogens with zero attached hydrogens (tertiary/aromatic N) is 1. The van der Waals surface area contributed by atoms with E-state index in [-0.39, 0.29) is 12.1 Å². The van der Waals surface area contributed by atoms with Crippen LogP contribution in [0.2, 0.25) is 0 Å². The van der Waals surface area contributed by atoms with Gasteiger partial charge in [0.05, 0.1) is 12.1 Å². The van der Waals surface area contributed by atoms with Crippen molar-refractivity contribution in [2.45, 2.75) is 25.9 Å². The molecule has 0 atom stereocenters. The molecule has 0 fully saturated rings. The number of carbonyl (C=O) groups is 1. The molecule has 0 aliphatic rings. The molecule has 0 aliphatic carbocycles. The second-order valence-electron chi connectivity index (χ2n) is 4.43. The first-order valence-corrected chi connectivity index (χ1v) is 6.23. The lowest BCUT2D eigenvalue weighted by molar-refractivity contribution is -0.143. The van der Waals surface area contributed by atoms with Crippen molar-refractivity contribution in [2.75, 3.05) is 0 Å². The predicted octanol–water partition coefficient (Wildman–Crippen LogP) is 0.937. The van der Waals surface area contributed by atoms with E-state index in [4.69, 9.17) is 5.11 Å². The zero-order valence-electron chi connectivity index (χ0n) is 9.98. The van der Waals surface area contributed by atoms with Crippen LogP contribution in [0.5, 0.6) is 0 Å². The molecule has 7 heteroatoms. The molecule has 2 aromatic heterocycles. The Balaban J connectivity index is 2.22. The summed E-state index contributed by atoms with van der Waals surface area (Å²) < 4.78 is 0.580. The van der Waals surface area contributed by atoms with Gasteiger partial charge in [0.2, 0.25) is 0 Å². The van der Waals surface area contributed by atoms with Gasteiger partial charge in [-0.15, -0.1) is 11.3 Å². The lowest BCUT2D eigenvalue weighted by Gasteiger charge is -2.20. The van der Waals surface area contributed by atoms with Crippen molar-refractivity contribution in [1.29, 1.82) is 0 Å². The standard InChI is InChI=1S/C11H13N3O3S/c1-11(2,10(16)17)12-5-7-13-6-3-4-18-8(6)9(15)14-7/h3-4,12H,5H2,1-2H3,(H,16,17)(H,13,14,15). The summed E-state index contributed by atoms with van der Waals surface area (Å²) in [6.45, 7) is 3.30. The third kappa shape index (κ3) is 2.41. The summed E-state index contributed by atoms with van der Waals surface area (Å²) in [5.41, 5.74) is -0.629. The first-order valence-electron chi connectivity index (χ1n) is 5.35. The highest BCUT2D eigenvalue weighted by atomic mass is 32.1. The summed E-state index contributed by atoms with van der Waals surface area (Å²) in [4.78, 5) is 29.5. The molecule has 3 N–H and O–H groups in total. The van der Waals surface area contributed by atoms with Gasteiger partial charge in [0.25, 0.3) is 5.56 Å². The van der Waals surface area contributed by atoms with Gasteiger partial charge in [-0.1, -0.05) is 0 Å². The van der Waals surface area contributed by atoms with Gasteiger partial charge >= 0.3 is 5.97 Å². The van der Waals surface area contributed by atoms with Crippen LogP contribution in [0.1, 0.15) is 19.7 Å². The Labute approximate surface area is 107 Å². The Morgan fingerprint density at radius 1 is 1.61 bits per heavy atom. The van der Waals surface area contributed by atoms with E-state index in [1.54, 1.807) is 25.3 Å². The molecular formula is C11H13N3O3S. The molecule has 2 aromatic rings. The van der Waals surface area contributed by atoms with Gasteiger partial charge in [-0.3, -0.25) is 14.9 Å². The molecule has 18 heavy (non-hydrogen) atoms. The molecule has 0 aromatic carbocycles. The monoisotopic (exact) mass is 267 g/mol. The van der Waals surface area contributed by atoms with E-state index in [2.05, 4.69) is 15.3 Å². The predicted molar refractivity (Wildman–Crippen MR) is 68.8 cm³/mol. The van der Waals surface area contributed by atoms with Gasteiger partial charge < -0.3 is 10.1 Å². The molecule has 0 bridgehead atoms. The van der Waals surface area contributed by atoms with E-state index in [0.29, 0.717) is 16.0 Å². The van der Waals surface area contributed by atoms with Crippen LogP contribution in [0.25, 0.3) is 10.2 Å². The lowest BCUT2D eigenvalue weighted by atomic mass is 10.1. The summed E-state index contributed by atoms with van der Waals surface area (Å²) >= 11 is 1.33. The molecule has 0 amide bonds. The van der Waals surface area contributed by atoms with Gasteiger partial charge in [-0.25, -0.2) is 4.98 Å². The number of hydrogen-bond donors (Lipinski definition) is 3. The fourth-order valence-electron chi connectivity index (χ4n) is 1.39. The van der Waals surface area contributed by atoms with Gasteiger partial charge in [0, 0.05) is 0 Å². The van der Waals surface area contributed by atoms with E-state index in [1.165, 1.54) is 11.3 Å². The number of nitrogens with one attached hydrogen (secondary N) is 2. The fourth-order valence-corrected chi connectivity index (χ4v) is 2.11. The second-order valence-corrected chi connectivity index (χ2v) is 5.35. The van der Waals surface area contributed by atoms with E-state index in [1.807, 2.05) is 0 Å². The number of carboxylic acid groups (broad SMARTS) is 1. The maximum atomic E-state index is 11.7. The van der Waals surface area contributed by atoms with Crippen LogP contribution >= 0.6 is 11.3 Å². The number of H-pyrrole nitrogens is 1. The highest BCUT2D eigenvalue weighted by molar-refractivity contribution is 7.17. The second kappa shape index (κ2) is 4.51. The minimum absolute atomic E-state index is 0.195. The van der Waals surface area contributed by atoms with Gasteiger partial charge in [-0.05, 0) is 25.3 Å². The number of carboxylic acids is 1. The molecule has 96 valence electrons. The van der Waals surface area contributed by atoms with Crippen LogP contribution in [0, 0.1) is 0 Å². The maximum absolute atomic E-state index is 11.7. The quantitative estimate of drug-likeness (QED) is 0.766. The van der Waals surface area contributed by atoms with Crippen LogP contribution < -0.4 is 10.9 Å².